The van der Waals surface area contributed by atoms with Gasteiger partial charge >= 0.3 is 0 Å². The summed E-state index contributed by atoms with van der Waals surface area (Å²) in [5, 5.41) is 6.21. The van der Waals surface area contributed by atoms with Gasteiger partial charge in [-0.3, -0.25) is 4.79 Å². The fourth-order valence-electron chi connectivity index (χ4n) is 2.24. The lowest BCUT2D eigenvalue weighted by Gasteiger charge is -2.24. The van der Waals surface area contributed by atoms with Crippen LogP contribution in [0.2, 0.25) is 0 Å². The van der Waals surface area contributed by atoms with Crippen molar-refractivity contribution < 1.29 is 4.79 Å². The van der Waals surface area contributed by atoms with Crippen molar-refractivity contribution in [3.05, 3.63) is 28.2 Å². The van der Waals surface area contributed by atoms with E-state index < -0.39 is 0 Å². The molecule has 1 saturated carbocycles. The zero-order valence-electron chi connectivity index (χ0n) is 12.8. The van der Waals surface area contributed by atoms with Crippen LogP contribution >= 0.6 is 15.9 Å². The Morgan fingerprint density at radius 3 is 2.76 bits per heavy atom. The number of nitrogens with one attached hydrogen (secondary N) is 2. The van der Waals surface area contributed by atoms with E-state index in [1.54, 1.807) is 7.05 Å². The Morgan fingerprint density at radius 2 is 2.19 bits per heavy atom. The first kappa shape index (κ1) is 16.3. The summed E-state index contributed by atoms with van der Waals surface area (Å²) in [7, 11) is 1.68. The molecule has 4 nitrogen and oxygen atoms in total. The van der Waals surface area contributed by atoms with Crippen LogP contribution in [0.3, 0.4) is 0 Å². The Kier molecular flexibility index (Phi) is 6.06. The van der Waals surface area contributed by atoms with Gasteiger partial charge in [-0.05, 0) is 37.0 Å². The first-order chi connectivity index (χ1) is 10.1. The van der Waals surface area contributed by atoms with Crippen molar-refractivity contribution in [1.29, 1.82) is 0 Å². The molecule has 1 fully saturated rings. The smallest absolute Gasteiger partial charge is 0.239 e. The molecule has 1 aliphatic rings. The molecule has 1 aromatic rings. The number of carbonyl (C=O) groups is 1. The third kappa shape index (κ3) is 5.00. The molecule has 116 valence electrons. The summed E-state index contributed by atoms with van der Waals surface area (Å²) in [4.78, 5) is 13.7. The number of benzene rings is 1. The van der Waals surface area contributed by atoms with Gasteiger partial charge < -0.3 is 15.5 Å². The predicted molar refractivity (Wildman–Crippen MR) is 90.6 cm³/mol. The first-order valence-corrected chi connectivity index (χ1v) is 8.40. The highest BCUT2D eigenvalue weighted by Crippen LogP contribution is 2.26. The maximum atomic E-state index is 11.6. The highest BCUT2D eigenvalue weighted by atomic mass is 79.9. The molecular formula is C16H24BrN3O. The molecule has 0 heterocycles. The van der Waals surface area contributed by atoms with Crippen molar-refractivity contribution in [2.45, 2.75) is 38.8 Å². The van der Waals surface area contributed by atoms with E-state index in [4.69, 9.17) is 0 Å². The number of amides is 1. The van der Waals surface area contributed by atoms with Gasteiger partial charge in [-0.25, -0.2) is 0 Å². The van der Waals surface area contributed by atoms with Crippen molar-refractivity contribution in [3.8, 4) is 0 Å². The lowest BCUT2D eigenvalue weighted by molar-refractivity contribution is -0.119. The summed E-state index contributed by atoms with van der Waals surface area (Å²) < 4.78 is 1.10. The van der Waals surface area contributed by atoms with Gasteiger partial charge in [0.1, 0.15) is 0 Å². The molecule has 0 saturated heterocycles. The Labute approximate surface area is 135 Å². The van der Waals surface area contributed by atoms with Gasteiger partial charge in [-0.2, -0.15) is 0 Å². The second-order valence-electron chi connectivity index (χ2n) is 5.53. The average molecular weight is 354 g/mol. The van der Waals surface area contributed by atoms with Crippen molar-refractivity contribution in [1.82, 2.24) is 10.6 Å². The van der Waals surface area contributed by atoms with E-state index in [1.165, 1.54) is 18.4 Å². The van der Waals surface area contributed by atoms with Crippen molar-refractivity contribution in [2.75, 3.05) is 25.0 Å². The van der Waals surface area contributed by atoms with E-state index in [-0.39, 0.29) is 5.91 Å². The molecule has 2 rings (SSSR count). The Balaban J connectivity index is 2.05. The number of hydrogen-bond donors (Lipinski definition) is 2. The van der Waals surface area contributed by atoms with Crippen LogP contribution in [0.4, 0.5) is 5.69 Å². The second-order valence-corrected chi connectivity index (χ2v) is 6.38. The molecule has 0 radical (unpaired) electrons. The first-order valence-electron chi connectivity index (χ1n) is 7.61. The van der Waals surface area contributed by atoms with Crippen LogP contribution in [0, 0.1) is 0 Å². The molecule has 0 bridgehead atoms. The number of hydrogen-bond acceptors (Lipinski definition) is 3. The van der Waals surface area contributed by atoms with Gasteiger partial charge in [0, 0.05) is 36.3 Å². The summed E-state index contributed by atoms with van der Waals surface area (Å²) in [5.41, 5.74) is 2.35. The van der Waals surface area contributed by atoms with Crippen LogP contribution in [0.15, 0.2) is 22.7 Å². The van der Waals surface area contributed by atoms with Gasteiger partial charge in [0.05, 0.1) is 6.54 Å². The number of anilines is 1. The summed E-state index contributed by atoms with van der Waals surface area (Å²) in [5.74, 6) is 0.0408. The number of halogens is 1. The zero-order valence-corrected chi connectivity index (χ0v) is 14.4. The van der Waals surface area contributed by atoms with Gasteiger partial charge in [0.15, 0.2) is 0 Å². The van der Waals surface area contributed by atoms with E-state index in [0.717, 1.165) is 29.7 Å². The molecule has 0 spiro atoms. The standard InChI is InChI=1S/C16H24BrN3O/c1-3-8-20(11-16(21)18-2)14-7-4-12(15(17)9-14)10-19-13-5-6-13/h4,7,9,13,19H,3,5-6,8,10-11H2,1-2H3,(H,18,21). The summed E-state index contributed by atoms with van der Waals surface area (Å²) in [6.45, 7) is 4.30. The highest BCUT2D eigenvalue weighted by molar-refractivity contribution is 9.10. The molecule has 1 aromatic carbocycles. The SMILES string of the molecule is CCCN(CC(=O)NC)c1ccc(CNC2CC2)c(Br)c1. The van der Waals surface area contributed by atoms with Crippen LogP contribution in [-0.4, -0.2) is 32.1 Å². The fraction of sp³-hybridized carbons (Fsp3) is 0.562. The van der Waals surface area contributed by atoms with Gasteiger partial charge in [0.2, 0.25) is 5.91 Å². The molecule has 0 aliphatic heterocycles. The van der Waals surface area contributed by atoms with Crippen LogP contribution < -0.4 is 15.5 Å². The minimum absolute atomic E-state index is 0.0408. The summed E-state index contributed by atoms with van der Waals surface area (Å²) >= 11 is 3.65. The number of rotatable bonds is 8. The maximum Gasteiger partial charge on any atom is 0.239 e. The predicted octanol–water partition coefficient (Wildman–Crippen LogP) is 2.66. The third-order valence-electron chi connectivity index (χ3n) is 3.67. The molecule has 1 aliphatic carbocycles. The second kappa shape index (κ2) is 7.80. The van der Waals surface area contributed by atoms with Crippen LogP contribution in [0.25, 0.3) is 0 Å². The topological polar surface area (TPSA) is 44.4 Å². The molecule has 0 unspecified atom stereocenters. The van der Waals surface area contributed by atoms with Crippen molar-refractivity contribution in [3.63, 3.8) is 0 Å². The third-order valence-corrected chi connectivity index (χ3v) is 4.41. The maximum absolute atomic E-state index is 11.6. The van der Waals surface area contributed by atoms with E-state index in [2.05, 4.69) is 56.6 Å². The number of nitrogens with zero attached hydrogens (tertiary/aromatic N) is 1. The van der Waals surface area contributed by atoms with Crippen LogP contribution in [-0.2, 0) is 11.3 Å². The quantitative estimate of drug-likeness (QED) is 0.755. The van der Waals surface area contributed by atoms with Crippen molar-refractivity contribution >= 4 is 27.5 Å². The van der Waals surface area contributed by atoms with Gasteiger partial charge in [0.25, 0.3) is 0 Å². The zero-order chi connectivity index (χ0) is 15.2. The lowest BCUT2D eigenvalue weighted by Crippen LogP contribution is -2.36. The Bertz CT molecular complexity index is 488. The molecule has 5 heteroatoms. The number of likely N-dealkylation sites (N-methyl/N-ethyl adjacent to an activating group) is 1. The Hall–Kier alpha value is -1.07. The van der Waals surface area contributed by atoms with Crippen molar-refractivity contribution in [2.24, 2.45) is 0 Å². The molecule has 2 N–H and O–H groups in total. The van der Waals surface area contributed by atoms with E-state index in [9.17, 15) is 4.79 Å². The van der Waals surface area contributed by atoms with Crippen LogP contribution in [0.1, 0.15) is 31.7 Å². The minimum Gasteiger partial charge on any atom is -0.362 e. The van der Waals surface area contributed by atoms with E-state index in [0.29, 0.717) is 12.6 Å². The van der Waals surface area contributed by atoms with Gasteiger partial charge in [-0.1, -0.05) is 28.9 Å². The van der Waals surface area contributed by atoms with Gasteiger partial charge in [-0.15, -0.1) is 0 Å². The summed E-state index contributed by atoms with van der Waals surface area (Å²) in [6.07, 6.45) is 3.61. The normalized spacial score (nSPS) is 14.0. The monoisotopic (exact) mass is 353 g/mol. The lowest BCUT2D eigenvalue weighted by atomic mass is 10.2. The van der Waals surface area contributed by atoms with E-state index in [1.807, 2.05) is 0 Å². The Morgan fingerprint density at radius 1 is 1.43 bits per heavy atom. The summed E-state index contributed by atoms with van der Waals surface area (Å²) in [6, 6.07) is 7.07. The van der Waals surface area contributed by atoms with Crippen LogP contribution in [0.5, 0.6) is 0 Å². The molecule has 21 heavy (non-hydrogen) atoms. The highest BCUT2D eigenvalue weighted by Gasteiger charge is 2.20. The van der Waals surface area contributed by atoms with E-state index >= 15 is 0 Å². The number of carbonyl (C=O) groups excluding carboxylic acids is 1. The molecule has 0 atom stereocenters. The fourth-order valence-corrected chi connectivity index (χ4v) is 2.75. The molecule has 1 amide bonds. The molecular weight excluding hydrogens is 330 g/mol. The minimum atomic E-state index is 0.0408. The average Bonchev–Trinajstić information content (AvgIpc) is 3.29. The molecule has 0 aromatic heterocycles. The largest absolute Gasteiger partial charge is 0.362 e.